The Labute approximate surface area is 89.1 Å². The van der Waals surface area contributed by atoms with Gasteiger partial charge in [-0.3, -0.25) is 4.79 Å². The first kappa shape index (κ1) is 11.8. The van der Waals surface area contributed by atoms with Gasteiger partial charge in [0.1, 0.15) is 12.1 Å². The van der Waals surface area contributed by atoms with Crippen LogP contribution in [0.2, 0.25) is 0 Å². The van der Waals surface area contributed by atoms with Crippen molar-refractivity contribution in [2.75, 3.05) is 13.7 Å². The monoisotopic (exact) mass is 215 g/mol. The second kappa shape index (κ2) is 5.00. The summed E-state index contributed by atoms with van der Waals surface area (Å²) in [5.41, 5.74) is -0.361. The van der Waals surface area contributed by atoms with E-state index in [0.717, 1.165) is 25.7 Å². The van der Waals surface area contributed by atoms with E-state index < -0.39 is 12.1 Å². The fraction of sp³-hybridized carbons (Fsp3) is 0.800. The largest absolute Gasteiger partial charge is 0.468 e. The summed E-state index contributed by atoms with van der Waals surface area (Å²) < 4.78 is 9.62. The number of carbonyl (C=O) groups is 2. The van der Waals surface area contributed by atoms with Crippen molar-refractivity contribution in [3.8, 4) is 0 Å². The van der Waals surface area contributed by atoms with Crippen LogP contribution in [0.25, 0.3) is 0 Å². The van der Waals surface area contributed by atoms with E-state index in [-0.39, 0.29) is 12.1 Å². The van der Waals surface area contributed by atoms with Crippen LogP contribution in [0.15, 0.2) is 0 Å². The Hall–Kier alpha value is -1.26. The molecule has 1 saturated carbocycles. The minimum atomic E-state index is -0.551. The Morgan fingerprint density at radius 1 is 1.33 bits per heavy atom. The standard InChI is InChI=1S/C10H17NO4/c1-10(5-3-4-6-10)15-9(13)11-7-8(12)14-2/h3-7H2,1-2H3,(H,11,13). The predicted molar refractivity (Wildman–Crippen MR) is 53.4 cm³/mol. The van der Waals surface area contributed by atoms with E-state index in [4.69, 9.17) is 4.74 Å². The van der Waals surface area contributed by atoms with Crippen LogP contribution < -0.4 is 5.32 Å². The molecule has 1 N–H and O–H groups in total. The Kier molecular flexibility index (Phi) is 3.94. The molecule has 1 aliphatic carbocycles. The highest BCUT2D eigenvalue weighted by Crippen LogP contribution is 2.32. The summed E-state index contributed by atoms with van der Waals surface area (Å²) in [4.78, 5) is 22.0. The lowest BCUT2D eigenvalue weighted by molar-refractivity contribution is -0.139. The van der Waals surface area contributed by atoms with Crippen molar-refractivity contribution in [3.05, 3.63) is 0 Å². The lowest BCUT2D eigenvalue weighted by atomic mass is 10.1. The maximum atomic E-state index is 11.3. The zero-order chi connectivity index (χ0) is 11.3. The van der Waals surface area contributed by atoms with E-state index in [1.54, 1.807) is 0 Å². The van der Waals surface area contributed by atoms with Gasteiger partial charge in [0.25, 0.3) is 0 Å². The number of hydrogen-bond donors (Lipinski definition) is 1. The van der Waals surface area contributed by atoms with Gasteiger partial charge in [-0.2, -0.15) is 0 Å². The SMILES string of the molecule is COC(=O)CNC(=O)OC1(C)CCCC1. The van der Waals surface area contributed by atoms with E-state index in [1.165, 1.54) is 7.11 Å². The van der Waals surface area contributed by atoms with Crippen molar-refractivity contribution in [1.82, 2.24) is 5.32 Å². The van der Waals surface area contributed by atoms with Gasteiger partial charge in [0.15, 0.2) is 0 Å². The molecule has 5 heteroatoms. The van der Waals surface area contributed by atoms with Crippen LogP contribution >= 0.6 is 0 Å². The molecule has 0 aromatic heterocycles. The Morgan fingerprint density at radius 2 is 1.93 bits per heavy atom. The van der Waals surface area contributed by atoms with Crippen LogP contribution in [-0.4, -0.2) is 31.3 Å². The summed E-state index contributed by atoms with van der Waals surface area (Å²) in [6.45, 7) is 1.77. The number of esters is 1. The third-order valence-corrected chi connectivity index (χ3v) is 2.61. The lowest BCUT2D eigenvalue weighted by Gasteiger charge is -2.23. The molecular formula is C10H17NO4. The van der Waals surface area contributed by atoms with Gasteiger partial charge in [0, 0.05) is 0 Å². The van der Waals surface area contributed by atoms with Gasteiger partial charge < -0.3 is 14.8 Å². The van der Waals surface area contributed by atoms with E-state index >= 15 is 0 Å². The number of amides is 1. The van der Waals surface area contributed by atoms with Gasteiger partial charge in [-0.1, -0.05) is 0 Å². The van der Waals surface area contributed by atoms with Gasteiger partial charge in [-0.15, -0.1) is 0 Å². The summed E-state index contributed by atoms with van der Waals surface area (Å²) >= 11 is 0. The van der Waals surface area contributed by atoms with E-state index in [1.807, 2.05) is 6.92 Å². The van der Waals surface area contributed by atoms with Crippen molar-refractivity contribution in [2.45, 2.75) is 38.2 Å². The zero-order valence-corrected chi connectivity index (χ0v) is 9.17. The molecule has 5 nitrogen and oxygen atoms in total. The molecule has 86 valence electrons. The van der Waals surface area contributed by atoms with E-state index in [2.05, 4.69) is 10.1 Å². The lowest BCUT2D eigenvalue weighted by Crippen LogP contribution is -2.37. The summed E-state index contributed by atoms with van der Waals surface area (Å²) in [7, 11) is 1.27. The first-order chi connectivity index (χ1) is 7.06. The molecule has 0 aromatic rings. The third kappa shape index (κ3) is 3.77. The zero-order valence-electron chi connectivity index (χ0n) is 9.17. The van der Waals surface area contributed by atoms with Crippen LogP contribution in [0.1, 0.15) is 32.6 Å². The van der Waals surface area contributed by atoms with Crippen LogP contribution in [-0.2, 0) is 14.3 Å². The van der Waals surface area contributed by atoms with Crippen molar-refractivity contribution in [3.63, 3.8) is 0 Å². The number of hydrogen-bond acceptors (Lipinski definition) is 4. The van der Waals surface area contributed by atoms with E-state index in [9.17, 15) is 9.59 Å². The van der Waals surface area contributed by atoms with Crippen LogP contribution in [0.5, 0.6) is 0 Å². The van der Waals surface area contributed by atoms with Crippen LogP contribution in [0.3, 0.4) is 0 Å². The van der Waals surface area contributed by atoms with E-state index in [0.29, 0.717) is 0 Å². The van der Waals surface area contributed by atoms with Crippen LogP contribution in [0, 0.1) is 0 Å². The van der Waals surface area contributed by atoms with Crippen molar-refractivity contribution >= 4 is 12.1 Å². The van der Waals surface area contributed by atoms with Crippen molar-refractivity contribution < 1.29 is 19.1 Å². The second-order valence-electron chi connectivity index (χ2n) is 3.98. The van der Waals surface area contributed by atoms with Gasteiger partial charge in [0.05, 0.1) is 7.11 Å². The summed E-state index contributed by atoms with van der Waals surface area (Å²) in [5, 5.41) is 2.35. The Morgan fingerprint density at radius 3 is 2.47 bits per heavy atom. The first-order valence-corrected chi connectivity index (χ1v) is 5.09. The molecule has 0 saturated heterocycles. The number of alkyl carbamates (subject to hydrolysis) is 1. The Bertz CT molecular complexity index is 246. The van der Waals surface area contributed by atoms with Gasteiger partial charge in [-0.05, 0) is 32.6 Å². The quantitative estimate of drug-likeness (QED) is 0.719. The number of ether oxygens (including phenoxy) is 2. The average Bonchev–Trinajstić information content (AvgIpc) is 2.61. The molecule has 0 aliphatic heterocycles. The minimum Gasteiger partial charge on any atom is -0.468 e. The fourth-order valence-electron chi connectivity index (χ4n) is 1.70. The molecule has 0 bridgehead atoms. The topological polar surface area (TPSA) is 64.6 Å². The molecule has 1 fully saturated rings. The van der Waals surface area contributed by atoms with Crippen molar-refractivity contribution in [1.29, 1.82) is 0 Å². The normalized spacial score (nSPS) is 18.3. The van der Waals surface area contributed by atoms with Crippen LogP contribution in [0.4, 0.5) is 4.79 Å². The smallest absolute Gasteiger partial charge is 0.408 e. The predicted octanol–water partition coefficient (Wildman–Crippen LogP) is 1.22. The van der Waals surface area contributed by atoms with Gasteiger partial charge >= 0.3 is 12.1 Å². The molecular weight excluding hydrogens is 198 g/mol. The summed E-state index contributed by atoms with van der Waals surface area (Å²) in [6.07, 6.45) is 3.39. The molecule has 1 aliphatic rings. The summed E-state index contributed by atoms with van der Waals surface area (Å²) in [5.74, 6) is -0.483. The average molecular weight is 215 g/mol. The minimum absolute atomic E-state index is 0.147. The number of nitrogens with one attached hydrogen (secondary N) is 1. The number of carbonyl (C=O) groups excluding carboxylic acids is 2. The molecule has 0 unspecified atom stereocenters. The van der Waals surface area contributed by atoms with Crippen molar-refractivity contribution in [2.24, 2.45) is 0 Å². The molecule has 15 heavy (non-hydrogen) atoms. The third-order valence-electron chi connectivity index (χ3n) is 2.61. The molecule has 0 heterocycles. The highest BCUT2D eigenvalue weighted by molar-refractivity contribution is 5.77. The number of methoxy groups -OCH3 is 1. The molecule has 0 radical (unpaired) electrons. The van der Waals surface area contributed by atoms with Gasteiger partial charge in [-0.25, -0.2) is 4.79 Å². The molecule has 0 atom stereocenters. The summed E-state index contributed by atoms with van der Waals surface area (Å²) in [6, 6.07) is 0. The first-order valence-electron chi connectivity index (χ1n) is 5.09. The second-order valence-corrected chi connectivity index (χ2v) is 3.98. The molecule has 0 spiro atoms. The fourth-order valence-corrected chi connectivity index (χ4v) is 1.70. The van der Waals surface area contributed by atoms with Gasteiger partial charge in [0.2, 0.25) is 0 Å². The molecule has 0 aromatic carbocycles. The Balaban J connectivity index is 2.26. The maximum Gasteiger partial charge on any atom is 0.408 e. The molecule has 1 amide bonds. The highest BCUT2D eigenvalue weighted by atomic mass is 16.6. The number of rotatable bonds is 3. The maximum absolute atomic E-state index is 11.3. The molecule has 1 rings (SSSR count). The highest BCUT2D eigenvalue weighted by Gasteiger charge is 2.32.